The Morgan fingerprint density at radius 3 is 2.44 bits per heavy atom. The van der Waals surface area contributed by atoms with Gasteiger partial charge in [0.05, 0.1) is 12.0 Å². The number of aliphatic imine (C=N–C) groups is 1. The summed E-state index contributed by atoms with van der Waals surface area (Å²) in [4.78, 5) is 28.1. The van der Waals surface area contributed by atoms with Gasteiger partial charge in [-0.2, -0.15) is 5.10 Å². The van der Waals surface area contributed by atoms with Crippen LogP contribution in [0.3, 0.4) is 0 Å². The second-order valence-electron chi connectivity index (χ2n) is 7.34. The molecule has 4 aromatic rings. The number of H-pyrrole nitrogens is 1. The van der Waals surface area contributed by atoms with E-state index in [2.05, 4.69) is 25.8 Å². The number of anilines is 3. The first kappa shape index (κ1) is 24.7. The smallest absolute Gasteiger partial charge is 0.288 e. The summed E-state index contributed by atoms with van der Waals surface area (Å²) in [5.41, 5.74) is 1.46. The molecule has 3 N–H and O–H groups in total. The summed E-state index contributed by atoms with van der Waals surface area (Å²) in [6.07, 6.45) is 1.36. The molecule has 1 amide bonds. The van der Waals surface area contributed by atoms with Crippen molar-refractivity contribution in [2.45, 2.75) is 0 Å². The Labute approximate surface area is 215 Å². The van der Waals surface area contributed by atoms with E-state index in [4.69, 9.17) is 27.9 Å². The molecule has 0 aliphatic rings. The predicted molar refractivity (Wildman–Crippen MR) is 140 cm³/mol. The van der Waals surface area contributed by atoms with Gasteiger partial charge in [0.15, 0.2) is 5.82 Å². The molecule has 12 heteroatoms. The van der Waals surface area contributed by atoms with Crippen LogP contribution in [0, 0.1) is 10.1 Å². The number of carbonyl (C=O) groups excluding carboxylic acids is 1. The number of nitrogens with one attached hydrogen (secondary N) is 3. The number of nitrogens with zero attached hydrogens (tertiary/aromatic N) is 3. The van der Waals surface area contributed by atoms with E-state index < -0.39 is 10.8 Å². The lowest BCUT2D eigenvalue weighted by molar-refractivity contribution is -0.384. The van der Waals surface area contributed by atoms with Gasteiger partial charge in [-0.1, -0.05) is 29.3 Å². The van der Waals surface area contributed by atoms with Crippen LogP contribution in [0.2, 0.25) is 10.0 Å². The predicted octanol–water partition coefficient (Wildman–Crippen LogP) is 6.38. The molecule has 0 saturated carbocycles. The second-order valence-corrected chi connectivity index (χ2v) is 8.18. The number of halogens is 2. The van der Waals surface area contributed by atoms with Crippen LogP contribution in [0.25, 0.3) is 0 Å². The topological polar surface area (TPSA) is 135 Å². The molecule has 0 bridgehead atoms. The molecule has 1 heterocycles. The fourth-order valence-electron chi connectivity index (χ4n) is 3.16. The molecule has 4 rings (SSSR count). The Morgan fingerprint density at radius 1 is 1.08 bits per heavy atom. The minimum atomic E-state index is -0.587. The van der Waals surface area contributed by atoms with Gasteiger partial charge in [0.25, 0.3) is 11.6 Å². The Morgan fingerprint density at radius 2 is 1.78 bits per heavy atom. The van der Waals surface area contributed by atoms with Crippen molar-refractivity contribution < 1.29 is 14.5 Å². The molecule has 0 atom stereocenters. The van der Waals surface area contributed by atoms with E-state index in [9.17, 15) is 14.9 Å². The van der Waals surface area contributed by atoms with Gasteiger partial charge in [-0.15, -0.1) is 0 Å². The fraction of sp³-hybridized carbons (Fsp3) is 0.0417. The highest BCUT2D eigenvalue weighted by Gasteiger charge is 2.21. The SMILES string of the molecule is COc1ccc(Nc2[nH]nc(N=Cc3ccc(Cl)c([N+](=O)[O-])c3)c2C(=O)Nc2ccc(Cl)cc2)cc1. The lowest BCUT2D eigenvalue weighted by atomic mass is 10.2. The van der Waals surface area contributed by atoms with E-state index in [-0.39, 0.29) is 22.1 Å². The summed E-state index contributed by atoms with van der Waals surface area (Å²) in [6, 6.07) is 17.9. The molecule has 1 aromatic heterocycles. The molecule has 36 heavy (non-hydrogen) atoms. The molecule has 0 saturated heterocycles. The highest BCUT2D eigenvalue weighted by atomic mass is 35.5. The monoisotopic (exact) mass is 524 g/mol. The highest BCUT2D eigenvalue weighted by Crippen LogP contribution is 2.29. The number of aromatic amines is 1. The lowest BCUT2D eigenvalue weighted by Crippen LogP contribution is -2.13. The average Bonchev–Trinajstić information content (AvgIpc) is 3.27. The van der Waals surface area contributed by atoms with E-state index in [0.717, 1.165) is 0 Å². The first-order valence-electron chi connectivity index (χ1n) is 10.4. The summed E-state index contributed by atoms with van der Waals surface area (Å²) in [5, 5.41) is 24.6. The summed E-state index contributed by atoms with van der Waals surface area (Å²) >= 11 is 11.8. The Bertz CT molecular complexity index is 1440. The molecule has 0 aliphatic carbocycles. The second kappa shape index (κ2) is 10.9. The van der Waals surface area contributed by atoms with Crippen LogP contribution in [0.4, 0.5) is 28.7 Å². The van der Waals surface area contributed by atoms with E-state index >= 15 is 0 Å². The van der Waals surface area contributed by atoms with Gasteiger partial charge >= 0.3 is 0 Å². The number of rotatable bonds is 8. The number of carbonyl (C=O) groups is 1. The maximum atomic E-state index is 13.2. The van der Waals surface area contributed by atoms with Gasteiger partial charge in [-0.05, 0) is 60.2 Å². The number of amides is 1. The molecular weight excluding hydrogens is 507 g/mol. The third-order valence-electron chi connectivity index (χ3n) is 4.94. The largest absolute Gasteiger partial charge is 0.497 e. The standard InChI is InChI=1S/C24H18Cl2N6O4/c1-36-18-9-7-16(8-10-18)28-23-21(24(33)29-17-5-3-15(25)4-6-17)22(30-31-23)27-13-14-2-11-19(26)20(12-14)32(34)35/h2-13H,1H3,(H,29,33)(H2,28,30,31). The summed E-state index contributed by atoms with van der Waals surface area (Å²) in [6.45, 7) is 0. The average molecular weight is 525 g/mol. The Hall–Kier alpha value is -4.41. The van der Waals surface area contributed by atoms with Crippen molar-refractivity contribution in [1.29, 1.82) is 0 Å². The van der Waals surface area contributed by atoms with Crippen LogP contribution in [-0.4, -0.2) is 34.4 Å². The van der Waals surface area contributed by atoms with Crippen molar-refractivity contribution in [3.05, 3.63) is 98.0 Å². The van der Waals surface area contributed by atoms with Crippen molar-refractivity contribution in [3.8, 4) is 5.75 Å². The zero-order valence-electron chi connectivity index (χ0n) is 18.7. The van der Waals surface area contributed by atoms with Crippen LogP contribution in [-0.2, 0) is 0 Å². The quantitative estimate of drug-likeness (QED) is 0.139. The Kier molecular flexibility index (Phi) is 7.47. The number of hydrogen-bond donors (Lipinski definition) is 3. The lowest BCUT2D eigenvalue weighted by Gasteiger charge is -2.09. The third-order valence-corrected chi connectivity index (χ3v) is 5.51. The van der Waals surface area contributed by atoms with Gasteiger partial charge in [-0.25, -0.2) is 4.99 Å². The molecule has 0 radical (unpaired) electrons. The maximum Gasteiger partial charge on any atom is 0.288 e. The van der Waals surface area contributed by atoms with Crippen LogP contribution in [0.15, 0.2) is 71.7 Å². The van der Waals surface area contributed by atoms with Gasteiger partial charge in [0.2, 0.25) is 0 Å². The molecule has 0 unspecified atom stereocenters. The van der Waals surface area contributed by atoms with E-state index in [1.807, 2.05) is 0 Å². The van der Waals surface area contributed by atoms with Gasteiger partial charge in [0.1, 0.15) is 22.2 Å². The fourth-order valence-corrected chi connectivity index (χ4v) is 3.48. The first-order chi connectivity index (χ1) is 17.3. The van der Waals surface area contributed by atoms with E-state index in [1.165, 1.54) is 18.3 Å². The van der Waals surface area contributed by atoms with Crippen LogP contribution >= 0.6 is 23.2 Å². The number of ether oxygens (including phenoxy) is 1. The minimum Gasteiger partial charge on any atom is -0.497 e. The molecule has 3 aromatic carbocycles. The van der Waals surface area contributed by atoms with Gasteiger partial charge in [-0.3, -0.25) is 20.0 Å². The molecule has 0 aliphatic heterocycles. The summed E-state index contributed by atoms with van der Waals surface area (Å²) in [7, 11) is 1.57. The molecular formula is C24H18Cl2N6O4. The molecule has 0 fully saturated rings. The van der Waals surface area contributed by atoms with Crippen molar-refractivity contribution >= 4 is 64.0 Å². The first-order valence-corrected chi connectivity index (χ1v) is 11.1. The van der Waals surface area contributed by atoms with Crippen molar-refractivity contribution in [3.63, 3.8) is 0 Å². The number of nitro benzene ring substituents is 1. The summed E-state index contributed by atoms with van der Waals surface area (Å²) in [5.74, 6) is 0.542. The van der Waals surface area contributed by atoms with Crippen LogP contribution in [0.1, 0.15) is 15.9 Å². The molecule has 10 nitrogen and oxygen atoms in total. The number of aromatic nitrogens is 2. The van der Waals surface area contributed by atoms with Crippen molar-refractivity contribution in [2.75, 3.05) is 17.7 Å². The van der Waals surface area contributed by atoms with Gasteiger partial charge < -0.3 is 15.4 Å². The third kappa shape index (κ3) is 5.80. The van der Waals surface area contributed by atoms with Crippen molar-refractivity contribution in [1.82, 2.24) is 10.2 Å². The number of hydrogen-bond acceptors (Lipinski definition) is 7. The van der Waals surface area contributed by atoms with E-state index in [1.54, 1.807) is 61.7 Å². The molecule has 0 spiro atoms. The number of benzene rings is 3. The van der Waals surface area contributed by atoms with Crippen LogP contribution in [0.5, 0.6) is 5.75 Å². The zero-order valence-corrected chi connectivity index (χ0v) is 20.2. The van der Waals surface area contributed by atoms with E-state index in [0.29, 0.717) is 33.5 Å². The highest BCUT2D eigenvalue weighted by molar-refractivity contribution is 6.32. The summed E-state index contributed by atoms with van der Waals surface area (Å²) < 4.78 is 5.17. The normalized spacial score (nSPS) is 10.9. The minimum absolute atomic E-state index is 0.00549. The van der Waals surface area contributed by atoms with Crippen molar-refractivity contribution in [2.24, 2.45) is 4.99 Å². The zero-order chi connectivity index (χ0) is 25.7. The number of methoxy groups -OCH3 is 1. The number of nitro groups is 1. The Balaban J connectivity index is 1.68. The van der Waals surface area contributed by atoms with Gasteiger partial charge in [0, 0.05) is 28.7 Å². The maximum absolute atomic E-state index is 13.2. The molecule has 182 valence electrons. The van der Waals surface area contributed by atoms with Crippen LogP contribution < -0.4 is 15.4 Å².